The van der Waals surface area contributed by atoms with Crippen molar-refractivity contribution in [3.63, 3.8) is 0 Å². The highest BCUT2D eigenvalue weighted by Gasteiger charge is 2.14. The summed E-state index contributed by atoms with van der Waals surface area (Å²) in [5, 5.41) is 0. The lowest BCUT2D eigenvalue weighted by Gasteiger charge is -2.20. The summed E-state index contributed by atoms with van der Waals surface area (Å²) in [6.07, 6.45) is 1.90. The van der Waals surface area contributed by atoms with Gasteiger partial charge < -0.3 is 4.43 Å². The Kier molecular flexibility index (Phi) is 4.10. The van der Waals surface area contributed by atoms with Crippen molar-refractivity contribution in [2.75, 3.05) is 0 Å². The fourth-order valence-corrected chi connectivity index (χ4v) is 1.76. The van der Waals surface area contributed by atoms with Gasteiger partial charge in [-0.15, -0.1) is 0 Å². The molecule has 0 aromatic carbocycles. The quantitative estimate of drug-likeness (QED) is 0.756. The topological polar surface area (TPSA) is 31.2 Å². The molecule has 0 saturated heterocycles. The Morgan fingerprint density at radius 2 is 1.94 bits per heavy atom. The Bertz CT molecular complexity index is 404. The van der Waals surface area contributed by atoms with Crippen molar-refractivity contribution in [1.82, 2.24) is 4.57 Å². The monoisotopic (exact) mass is 239 g/mol. The van der Waals surface area contributed by atoms with Gasteiger partial charge in [-0.25, -0.2) is 0 Å². The first kappa shape index (κ1) is 13.2. The number of aromatic nitrogens is 1. The molecule has 90 valence electrons. The van der Waals surface area contributed by atoms with Crippen LogP contribution in [0.1, 0.15) is 26.3 Å². The SMILES string of the molecule is C[SiH](C)OCn1cc(C(C)(C)C)ccc1=O. The standard InChI is InChI=1S/C12H21NO2Si/c1-12(2,3)10-6-7-11(14)13(8-10)9-15-16(4)5/h6-8,16H,9H2,1-5H3. The molecule has 0 amide bonds. The average Bonchev–Trinajstić information content (AvgIpc) is 2.14. The van der Waals surface area contributed by atoms with Crippen molar-refractivity contribution < 1.29 is 4.43 Å². The van der Waals surface area contributed by atoms with Crippen molar-refractivity contribution in [2.24, 2.45) is 0 Å². The van der Waals surface area contributed by atoms with Crippen LogP contribution in [-0.2, 0) is 16.6 Å². The molecule has 0 aliphatic carbocycles. The van der Waals surface area contributed by atoms with Gasteiger partial charge in [-0.3, -0.25) is 9.36 Å². The van der Waals surface area contributed by atoms with Crippen LogP contribution in [0.4, 0.5) is 0 Å². The molecular weight excluding hydrogens is 218 g/mol. The van der Waals surface area contributed by atoms with E-state index in [9.17, 15) is 4.79 Å². The van der Waals surface area contributed by atoms with E-state index in [4.69, 9.17) is 4.43 Å². The zero-order valence-electron chi connectivity index (χ0n) is 10.8. The van der Waals surface area contributed by atoms with Gasteiger partial charge in [0.05, 0.1) is 0 Å². The van der Waals surface area contributed by atoms with E-state index in [2.05, 4.69) is 33.9 Å². The lowest BCUT2D eigenvalue weighted by Crippen LogP contribution is -2.25. The van der Waals surface area contributed by atoms with Crippen LogP contribution >= 0.6 is 0 Å². The molecule has 0 aliphatic heterocycles. The largest absolute Gasteiger partial charge is 0.403 e. The summed E-state index contributed by atoms with van der Waals surface area (Å²) >= 11 is 0. The van der Waals surface area contributed by atoms with E-state index >= 15 is 0 Å². The lowest BCUT2D eigenvalue weighted by molar-refractivity contribution is 0.235. The van der Waals surface area contributed by atoms with Crippen LogP contribution in [-0.4, -0.2) is 13.6 Å². The maximum absolute atomic E-state index is 11.6. The van der Waals surface area contributed by atoms with E-state index in [-0.39, 0.29) is 11.0 Å². The molecule has 0 unspecified atom stereocenters. The molecule has 1 aromatic rings. The van der Waals surface area contributed by atoms with E-state index in [0.717, 1.165) is 5.56 Å². The number of hydrogen-bond acceptors (Lipinski definition) is 2. The molecule has 0 atom stereocenters. The minimum Gasteiger partial charge on any atom is -0.403 e. The second-order valence-electron chi connectivity index (χ2n) is 5.32. The molecule has 1 rings (SSSR count). The average molecular weight is 239 g/mol. The predicted molar refractivity (Wildman–Crippen MR) is 69.4 cm³/mol. The summed E-state index contributed by atoms with van der Waals surface area (Å²) in [6.45, 7) is 11.0. The zero-order chi connectivity index (χ0) is 12.3. The maximum Gasteiger partial charge on any atom is 0.252 e. The van der Waals surface area contributed by atoms with Gasteiger partial charge >= 0.3 is 0 Å². The molecule has 0 saturated carbocycles. The van der Waals surface area contributed by atoms with Crippen molar-refractivity contribution in [2.45, 2.75) is 46.0 Å². The fourth-order valence-electron chi connectivity index (χ4n) is 1.31. The molecule has 0 fully saturated rings. The minimum atomic E-state index is -1.08. The van der Waals surface area contributed by atoms with E-state index in [0.29, 0.717) is 6.73 Å². The highest BCUT2D eigenvalue weighted by Crippen LogP contribution is 2.20. The van der Waals surface area contributed by atoms with Crippen LogP contribution in [0.5, 0.6) is 0 Å². The van der Waals surface area contributed by atoms with E-state index < -0.39 is 9.04 Å². The molecular formula is C12H21NO2Si. The molecule has 4 heteroatoms. The van der Waals surface area contributed by atoms with Crippen LogP contribution in [0.2, 0.25) is 13.1 Å². The van der Waals surface area contributed by atoms with Crippen LogP contribution in [0.25, 0.3) is 0 Å². The van der Waals surface area contributed by atoms with Gasteiger partial charge in [0.15, 0.2) is 9.04 Å². The van der Waals surface area contributed by atoms with Crippen LogP contribution in [0.15, 0.2) is 23.1 Å². The maximum atomic E-state index is 11.6. The number of pyridine rings is 1. The summed E-state index contributed by atoms with van der Waals surface area (Å²) in [5.41, 5.74) is 1.22. The number of nitrogens with zero attached hydrogens (tertiary/aromatic N) is 1. The molecule has 16 heavy (non-hydrogen) atoms. The first-order valence-electron chi connectivity index (χ1n) is 5.63. The van der Waals surface area contributed by atoms with E-state index in [1.165, 1.54) is 0 Å². The summed E-state index contributed by atoms with van der Waals surface area (Å²) in [7, 11) is -1.08. The third-order valence-electron chi connectivity index (χ3n) is 2.40. The first-order valence-corrected chi connectivity index (χ1v) is 8.41. The third kappa shape index (κ3) is 3.61. The number of rotatable bonds is 3. The van der Waals surface area contributed by atoms with Gasteiger partial charge in [0, 0.05) is 12.3 Å². The van der Waals surface area contributed by atoms with Gasteiger partial charge in [0.2, 0.25) is 0 Å². The van der Waals surface area contributed by atoms with Gasteiger partial charge in [-0.05, 0) is 24.1 Å². The Labute approximate surface area is 98.8 Å². The molecule has 0 radical (unpaired) electrons. The Balaban J connectivity index is 2.96. The second kappa shape index (κ2) is 4.97. The Hall–Kier alpha value is -0.873. The third-order valence-corrected chi connectivity index (χ3v) is 3.21. The fraction of sp³-hybridized carbons (Fsp3) is 0.583. The number of hydrogen-bond donors (Lipinski definition) is 0. The van der Waals surface area contributed by atoms with Crippen molar-refractivity contribution in [3.8, 4) is 0 Å². The lowest BCUT2D eigenvalue weighted by atomic mass is 9.88. The van der Waals surface area contributed by atoms with Gasteiger partial charge in [-0.2, -0.15) is 0 Å². The van der Waals surface area contributed by atoms with Crippen LogP contribution < -0.4 is 5.56 Å². The zero-order valence-corrected chi connectivity index (χ0v) is 11.9. The Morgan fingerprint density at radius 1 is 1.31 bits per heavy atom. The summed E-state index contributed by atoms with van der Waals surface area (Å²) in [4.78, 5) is 11.6. The molecule has 0 aliphatic rings. The molecule has 0 bridgehead atoms. The smallest absolute Gasteiger partial charge is 0.252 e. The van der Waals surface area contributed by atoms with E-state index in [1.807, 2.05) is 12.3 Å². The van der Waals surface area contributed by atoms with Gasteiger partial charge in [0.25, 0.3) is 5.56 Å². The van der Waals surface area contributed by atoms with Gasteiger partial charge in [-0.1, -0.05) is 26.8 Å². The predicted octanol–water partition coefficient (Wildman–Crippen LogP) is 2.10. The summed E-state index contributed by atoms with van der Waals surface area (Å²) < 4.78 is 7.22. The minimum absolute atomic E-state index is 0.00245. The van der Waals surface area contributed by atoms with Crippen LogP contribution in [0.3, 0.4) is 0 Å². The normalized spacial score (nSPS) is 12.1. The molecule has 3 nitrogen and oxygen atoms in total. The van der Waals surface area contributed by atoms with Crippen molar-refractivity contribution in [1.29, 1.82) is 0 Å². The molecule has 0 spiro atoms. The summed E-state index contributed by atoms with van der Waals surface area (Å²) in [5.74, 6) is 0. The first-order chi connectivity index (χ1) is 7.30. The molecule has 1 aromatic heterocycles. The van der Waals surface area contributed by atoms with Gasteiger partial charge in [0.1, 0.15) is 6.73 Å². The highest BCUT2D eigenvalue weighted by molar-refractivity contribution is 6.48. The van der Waals surface area contributed by atoms with E-state index in [1.54, 1.807) is 10.6 Å². The molecule has 1 heterocycles. The molecule has 0 N–H and O–H groups in total. The highest BCUT2D eigenvalue weighted by atomic mass is 28.3. The van der Waals surface area contributed by atoms with Crippen molar-refractivity contribution >= 4 is 9.04 Å². The second-order valence-corrected chi connectivity index (χ2v) is 7.75. The summed E-state index contributed by atoms with van der Waals surface area (Å²) in [6, 6.07) is 3.51. The Morgan fingerprint density at radius 3 is 2.44 bits per heavy atom. The van der Waals surface area contributed by atoms with Crippen molar-refractivity contribution in [3.05, 3.63) is 34.2 Å². The van der Waals surface area contributed by atoms with Crippen LogP contribution in [0, 0.1) is 0 Å².